The molecule has 78 valence electrons. The van der Waals surface area contributed by atoms with E-state index < -0.39 is 6.17 Å². The van der Waals surface area contributed by atoms with Crippen LogP contribution < -0.4 is 4.90 Å². The lowest BCUT2D eigenvalue weighted by atomic mass is 10.1. The molecule has 0 spiro atoms. The van der Waals surface area contributed by atoms with Gasteiger partial charge in [0.1, 0.15) is 6.17 Å². The van der Waals surface area contributed by atoms with Crippen LogP contribution in [0.5, 0.6) is 0 Å². The van der Waals surface area contributed by atoms with Crippen LogP contribution in [0.3, 0.4) is 0 Å². The van der Waals surface area contributed by atoms with Crippen LogP contribution in [0.15, 0.2) is 24.3 Å². The van der Waals surface area contributed by atoms with Gasteiger partial charge >= 0.3 is 0 Å². The van der Waals surface area contributed by atoms with Gasteiger partial charge in [0, 0.05) is 24.3 Å². The van der Waals surface area contributed by atoms with Gasteiger partial charge in [-0.2, -0.15) is 0 Å². The first-order valence-electron chi connectivity index (χ1n) is 5.25. The second-order valence-corrected chi connectivity index (χ2v) is 3.85. The normalized spacial score (nSPS) is 17.5. The molecular weight excluding hydrogens is 189 g/mol. The molecule has 2 heteroatoms. The van der Waals surface area contributed by atoms with Crippen LogP contribution in [0, 0.1) is 12.3 Å². The number of piperidine rings is 1. The third-order valence-electron chi connectivity index (χ3n) is 2.82. The number of hydrogen-bond acceptors (Lipinski definition) is 1. The predicted octanol–water partition coefficient (Wildman–Crippen LogP) is 2.61. The summed E-state index contributed by atoms with van der Waals surface area (Å²) in [5.74, 6) is 2.59. The molecule has 1 aliphatic rings. The third kappa shape index (κ3) is 2.30. The van der Waals surface area contributed by atoms with Crippen LogP contribution >= 0.6 is 0 Å². The molecule has 2 rings (SSSR count). The van der Waals surface area contributed by atoms with Crippen LogP contribution in [0.25, 0.3) is 0 Å². The highest BCUT2D eigenvalue weighted by molar-refractivity contribution is 5.50. The summed E-state index contributed by atoms with van der Waals surface area (Å²) < 4.78 is 12.9. The molecule has 1 saturated heterocycles. The van der Waals surface area contributed by atoms with E-state index >= 15 is 0 Å². The van der Waals surface area contributed by atoms with E-state index in [4.69, 9.17) is 6.42 Å². The van der Waals surface area contributed by atoms with Gasteiger partial charge in [-0.1, -0.05) is 5.92 Å². The summed E-state index contributed by atoms with van der Waals surface area (Å²) in [6.45, 7) is 1.60. The standard InChI is InChI=1S/C13H14FN/c1-2-11-3-5-13(6-4-11)15-9-7-12(14)8-10-15/h1,3-6,12H,7-10H2. The average Bonchev–Trinajstić information content (AvgIpc) is 2.30. The van der Waals surface area contributed by atoms with Gasteiger partial charge in [-0.25, -0.2) is 4.39 Å². The van der Waals surface area contributed by atoms with Crippen molar-refractivity contribution in [1.82, 2.24) is 0 Å². The van der Waals surface area contributed by atoms with Gasteiger partial charge in [-0.15, -0.1) is 6.42 Å². The maximum Gasteiger partial charge on any atom is 0.103 e. The molecule has 0 aliphatic carbocycles. The summed E-state index contributed by atoms with van der Waals surface area (Å²) in [7, 11) is 0. The molecule has 1 aromatic carbocycles. The molecule has 0 atom stereocenters. The van der Waals surface area contributed by atoms with Crippen molar-refractivity contribution in [1.29, 1.82) is 0 Å². The number of anilines is 1. The number of halogens is 1. The third-order valence-corrected chi connectivity index (χ3v) is 2.82. The molecule has 0 aromatic heterocycles. The minimum Gasteiger partial charge on any atom is -0.371 e. The Hall–Kier alpha value is -1.49. The minimum absolute atomic E-state index is 0.619. The van der Waals surface area contributed by atoms with Crippen LogP contribution in [-0.4, -0.2) is 19.3 Å². The fraction of sp³-hybridized carbons (Fsp3) is 0.385. The lowest BCUT2D eigenvalue weighted by Crippen LogP contribution is -2.34. The largest absolute Gasteiger partial charge is 0.371 e. The summed E-state index contributed by atoms with van der Waals surface area (Å²) in [5, 5.41) is 0. The monoisotopic (exact) mass is 203 g/mol. The average molecular weight is 203 g/mol. The predicted molar refractivity (Wildman–Crippen MR) is 60.7 cm³/mol. The van der Waals surface area contributed by atoms with Crippen molar-refractivity contribution < 1.29 is 4.39 Å². The Kier molecular flexibility index (Phi) is 2.91. The quantitative estimate of drug-likeness (QED) is 0.634. The molecular formula is C13H14FN. The van der Waals surface area contributed by atoms with Crippen molar-refractivity contribution in [3.05, 3.63) is 29.8 Å². The number of rotatable bonds is 1. The lowest BCUT2D eigenvalue weighted by Gasteiger charge is -2.30. The SMILES string of the molecule is C#Cc1ccc(N2CCC(F)CC2)cc1. The van der Waals surface area contributed by atoms with E-state index in [0.29, 0.717) is 12.8 Å². The number of terminal acetylenes is 1. The number of alkyl halides is 1. The highest BCUT2D eigenvalue weighted by atomic mass is 19.1. The molecule has 0 saturated carbocycles. The molecule has 0 bridgehead atoms. The number of hydrogen-bond donors (Lipinski definition) is 0. The summed E-state index contributed by atoms with van der Waals surface area (Å²) in [5.41, 5.74) is 2.03. The van der Waals surface area contributed by atoms with E-state index in [9.17, 15) is 4.39 Å². The highest BCUT2D eigenvalue weighted by Crippen LogP contribution is 2.21. The Morgan fingerprint density at radius 2 is 1.80 bits per heavy atom. The van der Waals surface area contributed by atoms with Crippen molar-refractivity contribution in [3.63, 3.8) is 0 Å². The van der Waals surface area contributed by atoms with Crippen molar-refractivity contribution >= 4 is 5.69 Å². The lowest BCUT2D eigenvalue weighted by molar-refractivity contribution is 0.277. The number of nitrogens with zero attached hydrogens (tertiary/aromatic N) is 1. The van der Waals surface area contributed by atoms with Gasteiger partial charge in [-0.05, 0) is 37.1 Å². The van der Waals surface area contributed by atoms with Gasteiger partial charge in [-0.3, -0.25) is 0 Å². The Morgan fingerprint density at radius 3 is 2.33 bits per heavy atom. The molecule has 0 amide bonds. The van der Waals surface area contributed by atoms with Crippen molar-refractivity contribution in [3.8, 4) is 12.3 Å². The van der Waals surface area contributed by atoms with E-state index in [-0.39, 0.29) is 0 Å². The molecule has 15 heavy (non-hydrogen) atoms. The van der Waals surface area contributed by atoms with Crippen molar-refractivity contribution in [2.75, 3.05) is 18.0 Å². The molecule has 1 fully saturated rings. The van der Waals surface area contributed by atoms with E-state index in [0.717, 1.165) is 24.3 Å². The van der Waals surface area contributed by atoms with Gasteiger partial charge in [0.25, 0.3) is 0 Å². The zero-order valence-corrected chi connectivity index (χ0v) is 8.62. The Balaban J connectivity index is 2.07. The molecule has 1 nitrogen and oxygen atoms in total. The first-order chi connectivity index (χ1) is 7.29. The van der Waals surface area contributed by atoms with Gasteiger partial charge in [0.15, 0.2) is 0 Å². The zero-order valence-electron chi connectivity index (χ0n) is 8.62. The van der Waals surface area contributed by atoms with Gasteiger partial charge < -0.3 is 4.90 Å². The maximum atomic E-state index is 12.9. The molecule has 0 N–H and O–H groups in total. The van der Waals surface area contributed by atoms with Crippen molar-refractivity contribution in [2.24, 2.45) is 0 Å². The topological polar surface area (TPSA) is 3.24 Å². The fourth-order valence-electron chi connectivity index (χ4n) is 1.87. The van der Waals surface area contributed by atoms with Crippen LogP contribution in [-0.2, 0) is 0 Å². The molecule has 1 aliphatic heterocycles. The first-order valence-corrected chi connectivity index (χ1v) is 5.25. The highest BCUT2D eigenvalue weighted by Gasteiger charge is 2.18. The van der Waals surface area contributed by atoms with Gasteiger partial charge in [0.05, 0.1) is 0 Å². The fourth-order valence-corrected chi connectivity index (χ4v) is 1.87. The molecule has 1 heterocycles. The Morgan fingerprint density at radius 1 is 1.20 bits per heavy atom. The van der Waals surface area contributed by atoms with Crippen LogP contribution in [0.2, 0.25) is 0 Å². The van der Waals surface area contributed by atoms with Crippen LogP contribution in [0.4, 0.5) is 10.1 Å². The zero-order chi connectivity index (χ0) is 10.7. The summed E-state index contributed by atoms with van der Waals surface area (Å²) in [4.78, 5) is 2.20. The molecule has 1 aromatic rings. The van der Waals surface area contributed by atoms with E-state index in [1.165, 1.54) is 0 Å². The molecule has 0 radical (unpaired) electrons. The summed E-state index contributed by atoms with van der Waals surface area (Å²) in [6.07, 6.45) is 5.94. The summed E-state index contributed by atoms with van der Waals surface area (Å²) >= 11 is 0. The second-order valence-electron chi connectivity index (χ2n) is 3.85. The minimum atomic E-state index is -0.619. The van der Waals surface area contributed by atoms with Gasteiger partial charge in [0.2, 0.25) is 0 Å². The van der Waals surface area contributed by atoms with E-state index in [1.807, 2.05) is 24.3 Å². The first kappa shape index (κ1) is 10.0. The summed E-state index contributed by atoms with van der Waals surface area (Å²) in [6, 6.07) is 7.87. The van der Waals surface area contributed by atoms with Crippen molar-refractivity contribution in [2.45, 2.75) is 19.0 Å². The number of benzene rings is 1. The molecule has 0 unspecified atom stereocenters. The van der Waals surface area contributed by atoms with Crippen LogP contribution in [0.1, 0.15) is 18.4 Å². The maximum absolute atomic E-state index is 12.9. The Bertz CT molecular complexity index is 355. The smallest absolute Gasteiger partial charge is 0.103 e. The Labute approximate surface area is 89.9 Å². The van der Waals surface area contributed by atoms with E-state index in [1.54, 1.807) is 0 Å². The van der Waals surface area contributed by atoms with E-state index in [2.05, 4.69) is 10.8 Å². The second kappa shape index (κ2) is 4.35.